The van der Waals surface area contributed by atoms with Gasteiger partial charge >= 0.3 is 0 Å². The zero-order chi connectivity index (χ0) is 21.4. The van der Waals surface area contributed by atoms with Gasteiger partial charge in [0, 0.05) is 74.0 Å². The van der Waals surface area contributed by atoms with Crippen molar-refractivity contribution in [1.29, 1.82) is 0 Å². The summed E-state index contributed by atoms with van der Waals surface area (Å²) in [6.07, 6.45) is 1.24. The topological polar surface area (TPSA) is 13.0 Å². The molecule has 0 spiro atoms. The molecule has 4 nitrogen and oxygen atoms in total. The molecule has 0 aromatic rings. The van der Waals surface area contributed by atoms with Crippen molar-refractivity contribution in [2.75, 3.05) is 26.2 Å². The van der Waals surface area contributed by atoms with Crippen LogP contribution in [0.2, 0.25) is 0 Å². The Morgan fingerprint density at radius 2 is 1.32 bits per heavy atom. The van der Waals surface area contributed by atoms with Crippen molar-refractivity contribution in [2.45, 2.75) is 130 Å². The van der Waals surface area contributed by atoms with Crippen LogP contribution >= 0.6 is 0 Å². The molecule has 0 amide bonds. The normalized spacial score (nSPS) is 33.8. The van der Waals surface area contributed by atoms with E-state index in [1.807, 2.05) is 0 Å². The number of hydrogen-bond acceptors (Lipinski definition) is 4. The minimum atomic E-state index is 0.227. The molecular formula is C24H50N4. The summed E-state index contributed by atoms with van der Waals surface area (Å²) in [4.78, 5) is 10.9. The van der Waals surface area contributed by atoms with Gasteiger partial charge in [-0.3, -0.25) is 19.6 Å². The highest BCUT2D eigenvalue weighted by molar-refractivity contribution is 4.98. The molecule has 0 aliphatic carbocycles. The first-order chi connectivity index (χ1) is 12.9. The number of hydrogen-bond donors (Lipinski definition) is 0. The van der Waals surface area contributed by atoms with E-state index >= 15 is 0 Å². The van der Waals surface area contributed by atoms with Crippen LogP contribution in [0.25, 0.3) is 0 Å². The van der Waals surface area contributed by atoms with Crippen LogP contribution in [-0.4, -0.2) is 93.6 Å². The smallest absolute Gasteiger partial charge is 0.0226 e. The molecule has 0 radical (unpaired) electrons. The van der Waals surface area contributed by atoms with Crippen molar-refractivity contribution in [1.82, 2.24) is 19.6 Å². The molecule has 2 rings (SSSR count). The van der Waals surface area contributed by atoms with Crippen molar-refractivity contribution >= 4 is 0 Å². The van der Waals surface area contributed by atoms with Crippen molar-refractivity contribution in [3.63, 3.8) is 0 Å². The summed E-state index contributed by atoms with van der Waals surface area (Å²) in [5, 5.41) is 0. The van der Waals surface area contributed by atoms with Gasteiger partial charge in [0.2, 0.25) is 0 Å². The fraction of sp³-hybridized carbons (Fsp3) is 1.00. The molecule has 0 saturated carbocycles. The Kier molecular flexibility index (Phi) is 8.03. The van der Waals surface area contributed by atoms with E-state index in [1.54, 1.807) is 0 Å². The van der Waals surface area contributed by atoms with Crippen LogP contribution in [0.3, 0.4) is 0 Å². The molecule has 0 N–H and O–H groups in total. The first-order valence-electron chi connectivity index (χ1n) is 11.9. The largest absolute Gasteiger partial charge is 0.298 e. The number of piperazine rings is 2. The third-order valence-corrected chi connectivity index (χ3v) is 7.80. The van der Waals surface area contributed by atoms with Crippen LogP contribution in [-0.2, 0) is 0 Å². The molecule has 2 aliphatic rings. The zero-order valence-corrected chi connectivity index (χ0v) is 20.9. The predicted octanol–water partition coefficient (Wildman–Crippen LogP) is 4.15. The molecule has 166 valence electrons. The summed E-state index contributed by atoms with van der Waals surface area (Å²) in [6.45, 7) is 31.3. The molecule has 2 aliphatic heterocycles. The van der Waals surface area contributed by atoms with E-state index in [-0.39, 0.29) is 5.54 Å². The van der Waals surface area contributed by atoms with E-state index in [1.165, 1.54) is 32.6 Å². The van der Waals surface area contributed by atoms with Gasteiger partial charge in [-0.1, -0.05) is 0 Å². The average molecular weight is 395 g/mol. The fourth-order valence-corrected chi connectivity index (χ4v) is 6.36. The molecule has 0 aromatic carbocycles. The molecule has 2 heterocycles. The highest BCUT2D eigenvalue weighted by Crippen LogP contribution is 2.32. The number of nitrogens with zero attached hydrogens (tertiary/aromatic N) is 4. The lowest BCUT2D eigenvalue weighted by Gasteiger charge is -2.55. The van der Waals surface area contributed by atoms with E-state index in [0.29, 0.717) is 42.3 Å². The lowest BCUT2D eigenvalue weighted by molar-refractivity contribution is -0.0585. The Bertz CT molecular complexity index is 477. The van der Waals surface area contributed by atoms with Gasteiger partial charge in [0.25, 0.3) is 0 Å². The third kappa shape index (κ3) is 5.11. The molecule has 0 bridgehead atoms. The minimum absolute atomic E-state index is 0.227. The molecule has 28 heavy (non-hydrogen) atoms. The lowest BCUT2D eigenvalue weighted by atomic mass is 9.87. The first-order valence-corrected chi connectivity index (χ1v) is 11.9. The lowest BCUT2D eigenvalue weighted by Crippen LogP contribution is -2.66. The van der Waals surface area contributed by atoms with Crippen LogP contribution in [0.15, 0.2) is 0 Å². The summed E-state index contributed by atoms with van der Waals surface area (Å²) in [7, 11) is 0. The Balaban J connectivity index is 2.05. The number of rotatable bonds is 6. The van der Waals surface area contributed by atoms with Gasteiger partial charge in [0.15, 0.2) is 0 Å². The Morgan fingerprint density at radius 3 is 1.79 bits per heavy atom. The van der Waals surface area contributed by atoms with E-state index in [2.05, 4.69) is 95.8 Å². The Hall–Kier alpha value is -0.160. The molecule has 1 unspecified atom stereocenters. The van der Waals surface area contributed by atoms with Crippen molar-refractivity contribution < 1.29 is 0 Å². The fourth-order valence-electron chi connectivity index (χ4n) is 6.36. The van der Waals surface area contributed by atoms with Gasteiger partial charge in [0.1, 0.15) is 0 Å². The summed E-state index contributed by atoms with van der Waals surface area (Å²) >= 11 is 0. The van der Waals surface area contributed by atoms with Gasteiger partial charge < -0.3 is 0 Å². The highest BCUT2D eigenvalue weighted by atomic mass is 15.4. The van der Waals surface area contributed by atoms with Gasteiger partial charge in [-0.15, -0.1) is 0 Å². The second kappa shape index (κ2) is 9.32. The van der Waals surface area contributed by atoms with E-state index in [4.69, 9.17) is 0 Å². The van der Waals surface area contributed by atoms with Gasteiger partial charge in [0.05, 0.1) is 0 Å². The monoisotopic (exact) mass is 394 g/mol. The Labute approximate surface area is 176 Å². The van der Waals surface area contributed by atoms with Crippen molar-refractivity contribution in [3.8, 4) is 0 Å². The van der Waals surface area contributed by atoms with Crippen LogP contribution in [0.1, 0.15) is 82.6 Å². The summed E-state index contributed by atoms with van der Waals surface area (Å²) < 4.78 is 0. The average Bonchev–Trinajstić information content (AvgIpc) is 2.55. The molecule has 4 heteroatoms. The van der Waals surface area contributed by atoms with E-state index in [0.717, 1.165) is 0 Å². The highest BCUT2D eigenvalue weighted by Gasteiger charge is 2.41. The summed E-state index contributed by atoms with van der Waals surface area (Å²) in [5.74, 6) is 0. The Morgan fingerprint density at radius 1 is 0.786 bits per heavy atom. The first kappa shape index (κ1) is 24.1. The molecule has 5 atom stereocenters. The third-order valence-electron chi connectivity index (χ3n) is 7.80. The maximum Gasteiger partial charge on any atom is 0.0226 e. The van der Waals surface area contributed by atoms with Crippen LogP contribution < -0.4 is 0 Å². The second-order valence-corrected chi connectivity index (χ2v) is 11.1. The van der Waals surface area contributed by atoms with Gasteiger partial charge in [-0.25, -0.2) is 0 Å². The van der Waals surface area contributed by atoms with E-state index in [9.17, 15) is 0 Å². The maximum absolute atomic E-state index is 2.80. The summed E-state index contributed by atoms with van der Waals surface area (Å²) in [5.41, 5.74) is 0.227. The van der Waals surface area contributed by atoms with Crippen molar-refractivity contribution in [3.05, 3.63) is 0 Å². The molecule has 2 fully saturated rings. The van der Waals surface area contributed by atoms with Crippen LogP contribution in [0.4, 0.5) is 0 Å². The van der Waals surface area contributed by atoms with Crippen LogP contribution in [0, 0.1) is 0 Å². The second-order valence-electron chi connectivity index (χ2n) is 11.1. The van der Waals surface area contributed by atoms with E-state index < -0.39 is 0 Å². The standard InChI is InChI=1S/C24H50N4/c1-17(2)25-15-20(6)28(21(7)16-25)19(5)14-24(10,11)27-13-12-26(18(3)4)22(8)23(27)9/h17-23H,12-16H2,1-11H3/t19?,20-,21-,22+,23-/m0/s1. The summed E-state index contributed by atoms with van der Waals surface area (Å²) in [6, 6.07) is 4.39. The zero-order valence-electron chi connectivity index (χ0n) is 20.9. The predicted molar refractivity (Wildman–Crippen MR) is 123 cm³/mol. The quantitative estimate of drug-likeness (QED) is 0.671. The minimum Gasteiger partial charge on any atom is -0.298 e. The van der Waals surface area contributed by atoms with Crippen molar-refractivity contribution in [2.24, 2.45) is 0 Å². The van der Waals surface area contributed by atoms with Gasteiger partial charge in [-0.2, -0.15) is 0 Å². The maximum atomic E-state index is 2.80. The SMILES string of the molecule is CC(C)N1C[C@H](C)N(C(C)CC(C)(C)N2CCN(C(C)C)[C@H](C)[C@@H]2C)[C@@H](C)C1. The molecule has 2 saturated heterocycles. The van der Waals surface area contributed by atoms with Crippen LogP contribution in [0.5, 0.6) is 0 Å². The molecular weight excluding hydrogens is 344 g/mol. The van der Waals surface area contributed by atoms with Gasteiger partial charge in [-0.05, 0) is 82.6 Å². The molecule has 0 aromatic heterocycles.